The quantitative estimate of drug-likeness (QED) is 0.794. The second-order valence-electron chi connectivity index (χ2n) is 4.25. The van der Waals surface area contributed by atoms with Crippen molar-refractivity contribution in [3.63, 3.8) is 0 Å². The van der Waals surface area contributed by atoms with E-state index in [1.165, 1.54) is 17.3 Å². The summed E-state index contributed by atoms with van der Waals surface area (Å²) >= 11 is 4.74. The molecule has 0 radical (unpaired) electrons. The lowest BCUT2D eigenvalue weighted by Gasteiger charge is -2.04. The van der Waals surface area contributed by atoms with Crippen molar-refractivity contribution >= 4 is 38.7 Å². The summed E-state index contributed by atoms with van der Waals surface area (Å²) in [5.74, 6) is 0. The molecule has 2 aromatic heterocycles. The number of fused-ring (bicyclic) bond motifs is 1. The van der Waals surface area contributed by atoms with Crippen LogP contribution in [0.2, 0.25) is 0 Å². The van der Waals surface area contributed by atoms with Crippen molar-refractivity contribution in [2.24, 2.45) is 7.05 Å². The van der Waals surface area contributed by atoms with E-state index < -0.39 is 0 Å². The molecule has 1 N–H and O–H groups in total. The van der Waals surface area contributed by atoms with Gasteiger partial charge in [0.15, 0.2) is 0 Å². The maximum absolute atomic E-state index is 4.38. The maximum atomic E-state index is 4.38. The van der Waals surface area contributed by atoms with Gasteiger partial charge >= 0.3 is 0 Å². The molecule has 0 atom stereocenters. The summed E-state index contributed by atoms with van der Waals surface area (Å²) in [4.78, 5) is 0. The van der Waals surface area contributed by atoms with E-state index in [1.54, 1.807) is 4.68 Å². The van der Waals surface area contributed by atoms with Crippen LogP contribution in [0.25, 0.3) is 11.0 Å². The van der Waals surface area contributed by atoms with Gasteiger partial charge in [0.05, 0.1) is 21.9 Å². The zero-order chi connectivity index (χ0) is 13.2. The Hall–Kier alpha value is -1.31. The Morgan fingerprint density at radius 2 is 2.21 bits per heavy atom. The predicted octanol–water partition coefficient (Wildman–Crippen LogP) is 2.48. The first-order chi connectivity index (χ1) is 9.24. The topological polar surface area (TPSA) is 55.6 Å². The number of hydrogen-bond donors (Lipinski definition) is 1. The zero-order valence-corrected chi connectivity index (χ0v) is 12.7. The zero-order valence-electron chi connectivity index (χ0n) is 10.3. The summed E-state index contributed by atoms with van der Waals surface area (Å²) in [6.07, 6.45) is 1.95. The minimum Gasteiger partial charge on any atom is -0.307 e. The first kappa shape index (κ1) is 12.7. The lowest BCUT2D eigenvalue weighted by molar-refractivity contribution is 0.657. The van der Waals surface area contributed by atoms with Crippen molar-refractivity contribution in [2.75, 3.05) is 0 Å². The molecule has 0 aliphatic carbocycles. The molecule has 98 valence electrons. The highest BCUT2D eigenvalue weighted by Crippen LogP contribution is 2.17. The van der Waals surface area contributed by atoms with Gasteiger partial charge in [0.1, 0.15) is 11.0 Å². The third-order valence-corrected chi connectivity index (χ3v) is 4.04. The summed E-state index contributed by atoms with van der Waals surface area (Å²) in [5, 5.41) is 7.76. The molecule has 0 fully saturated rings. The molecule has 0 saturated heterocycles. The molecule has 0 spiro atoms. The van der Waals surface area contributed by atoms with Gasteiger partial charge in [-0.1, -0.05) is 12.1 Å². The highest BCUT2D eigenvalue weighted by molar-refractivity contribution is 9.10. The van der Waals surface area contributed by atoms with Crippen LogP contribution in [0, 0.1) is 0 Å². The average molecular weight is 338 g/mol. The summed E-state index contributed by atoms with van der Waals surface area (Å²) in [5.41, 5.74) is 4.12. The van der Waals surface area contributed by atoms with Gasteiger partial charge in [0, 0.05) is 26.3 Å². The first-order valence-electron chi connectivity index (χ1n) is 5.83. The SMILES string of the molecule is Cn1cc(Br)c(CNCc2cccc3nsnc23)n1. The lowest BCUT2D eigenvalue weighted by atomic mass is 10.2. The van der Waals surface area contributed by atoms with Crippen LogP contribution in [0.15, 0.2) is 28.9 Å². The van der Waals surface area contributed by atoms with Gasteiger partial charge in [-0.3, -0.25) is 4.68 Å². The van der Waals surface area contributed by atoms with E-state index in [9.17, 15) is 0 Å². The van der Waals surface area contributed by atoms with Gasteiger partial charge < -0.3 is 5.32 Å². The monoisotopic (exact) mass is 337 g/mol. The summed E-state index contributed by atoms with van der Waals surface area (Å²) in [6.45, 7) is 1.47. The van der Waals surface area contributed by atoms with Crippen molar-refractivity contribution in [3.8, 4) is 0 Å². The van der Waals surface area contributed by atoms with Crippen LogP contribution in [0.1, 0.15) is 11.3 Å². The molecule has 19 heavy (non-hydrogen) atoms. The van der Waals surface area contributed by atoms with E-state index in [2.05, 4.69) is 41.2 Å². The van der Waals surface area contributed by atoms with Crippen molar-refractivity contribution in [3.05, 3.63) is 40.1 Å². The smallest absolute Gasteiger partial charge is 0.109 e. The van der Waals surface area contributed by atoms with Gasteiger partial charge in [0.25, 0.3) is 0 Å². The van der Waals surface area contributed by atoms with Gasteiger partial charge in [0.2, 0.25) is 0 Å². The third kappa shape index (κ3) is 2.68. The average Bonchev–Trinajstić information content (AvgIpc) is 2.97. The van der Waals surface area contributed by atoms with Crippen molar-refractivity contribution in [1.82, 2.24) is 23.8 Å². The molecule has 0 saturated carbocycles. The normalized spacial score (nSPS) is 11.3. The van der Waals surface area contributed by atoms with Crippen LogP contribution in [0.3, 0.4) is 0 Å². The standard InChI is InChI=1S/C12H12BrN5S/c1-18-7-9(13)11(15-18)6-14-5-8-3-2-4-10-12(8)17-19-16-10/h2-4,7,14H,5-6H2,1H3. The highest BCUT2D eigenvalue weighted by atomic mass is 79.9. The Morgan fingerprint density at radius 3 is 3.00 bits per heavy atom. The molecule has 1 aromatic carbocycles. The van der Waals surface area contributed by atoms with Crippen molar-refractivity contribution < 1.29 is 0 Å². The molecule has 2 heterocycles. The van der Waals surface area contributed by atoms with Crippen LogP contribution in [-0.4, -0.2) is 18.5 Å². The highest BCUT2D eigenvalue weighted by Gasteiger charge is 2.07. The Bertz CT molecular complexity index is 705. The second-order valence-corrected chi connectivity index (χ2v) is 5.63. The molecule has 7 heteroatoms. The predicted molar refractivity (Wildman–Crippen MR) is 78.9 cm³/mol. The van der Waals surface area contributed by atoms with Crippen LogP contribution in [0.5, 0.6) is 0 Å². The Labute approximate surface area is 123 Å². The molecular formula is C12H12BrN5S. The van der Waals surface area contributed by atoms with Gasteiger partial charge in [-0.15, -0.1) is 0 Å². The number of halogens is 1. The summed E-state index contributed by atoms with van der Waals surface area (Å²) < 4.78 is 11.4. The largest absolute Gasteiger partial charge is 0.307 e. The number of nitrogens with one attached hydrogen (secondary N) is 1. The minimum atomic E-state index is 0.718. The van der Waals surface area contributed by atoms with E-state index in [-0.39, 0.29) is 0 Å². The maximum Gasteiger partial charge on any atom is 0.109 e. The van der Waals surface area contributed by atoms with Crippen LogP contribution < -0.4 is 5.32 Å². The van der Waals surface area contributed by atoms with E-state index in [0.717, 1.165) is 34.3 Å². The molecule has 0 amide bonds. The number of nitrogens with zero attached hydrogens (tertiary/aromatic N) is 4. The van der Waals surface area contributed by atoms with Gasteiger partial charge in [-0.2, -0.15) is 13.8 Å². The first-order valence-corrected chi connectivity index (χ1v) is 7.35. The number of aryl methyl sites for hydroxylation is 1. The second kappa shape index (κ2) is 5.36. The van der Waals surface area contributed by atoms with E-state index in [1.807, 2.05) is 25.4 Å². The minimum absolute atomic E-state index is 0.718. The Kier molecular flexibility index (Phi) is 3.58. The number of aromatic nitrogens is 4. The van der Waals surface area contributed by atoms with Crippen LogP contribution in [0.4, 0.5) is 0 Å². The number of hydrogen-bond acceptors (Lipinski definition) is 5. The van der Waals surface area contributed by atoms with Gasteiger partial charge in [-0.25, -0.2) is 0 Å². The molecule has 0 bridgehead atoms. The fourth-order valence-corrected chi connectivity index (χ4v) is 3.03. The number of rotatable bonds is 4. The fraction of sp³-hybridized carbons (Fsp3) is 0.250. The molecule has 5 nitrogen and oxygen atoms in total. The molecule has 0 unspecified atom stereocenters. The summed E-state index contributed by atoms with van der Waals surface area (Å²) in [6, 6.07) is 6.07. The van der Waals surface area contributed by atoms with Crippen LogP contribution >= 0.6 is 27.7 Å². The Morgan fingerprint density at radius 1 is 1.32 bits per heavy atom. The van der Waals surface area contributed by atoms with E-state index in [0.29, 0.717) is 0 Å². The van der Waals surface area contributed by atoms with Crippen molar-refractivity contribution in [1.29, 1.82) is 0 Å². The third-order valence-electron chi connectivity index (χ3n) is 2.83. The molecule has 3 rings (SSSR count). The van der Waals surface area contributed by atoms with Gasteiger partial charge in [-0.05, 0) is 27.6 Å². The van der Waals surface area contributed by atoms with E-state index in [4.69, 9.17) is 0 Å². The molecule has 0 aliphatic heterocycles. The Balaban J connectivity index is 1.69. The fourth-order valence-electron chi connectivity index (χ4n) is 1.95. The molecular weight excluding hydrogens is 326 g/mol. The molecule has 0 aliphatic rings. The number of benzene rings is 1. The molecule has 3 aromatic rings. The summed E-state index contributed by atoms with van der Waals surface area (Å²) in [7, 11) is 1.91. The van der Waals surface area contributed by atoms with Crippen molar-refractivity contribution in [2.45, 2.75) is 13.1 Å². The van der Waals surface area contributed by atoms with E-state index >= 15 is 0 Å². The lowest BCUT2D eigenvalue weighted by Crippen LogP contribution is -2.14. The van der Waals surface area contributed by atoms with Crippen LogP contribution in [-0.2, 0) is 20.1 Å².